The Labute approximate surface area is 310 Å². The highest BCUT2D eigenvalue weighted by molar-refractivity contribution is 6.10. The second kappa shape index (κ2) is 14.9. The highest BCUT2D eigenvalue weighted by Crippen LogP contribution is 2.65. The van der Waals surface area contributed by atoms with Gasteiger partial charge in [0, 0.05) is 29.4 Å². The quantitative estimate of drug-likeness (QED) is 0.185. The highest BCUT2D eigenvalue weighted by atomic mass is 16.5. The zero-order valence-corrected chi connectivity index (χ0v) is 31.7. The highest BCUT2D eigenvalue weighted by Gasteiger charge is 2.65. The summed E-state index contributed by atoms with van der Waals surface area (Å²) in [5.74, 6) is 0.703. The maximum atomic E-state index is 13.3. The van der Waals surface area contributed by atoms with Gasteiger partial charge in [0.15, 0.2) is 23.0 Å². The lowest BCUT2D eigenvalue weighted by Gasteiger charge is -2.39. The van der Waals surface area contributed by atoms with Gasteiger partial charge in [-0.05, 0) is 123 Å². The minimum absolute atomic E-state index is 0.0809. The van der Waals surface area contributed by atoms with Crippen LogP contribution in [0.2, 0.25) is 0 Å². The second-order valence-electron chi connectivity index (χ2n) is 14.5. The van der Waals surface area contributed by atoms with Gasteiger partial charge in [0.25, 0.3) is 0 Å². The summed E-state index contributed by atoms with van der Waals surface area (Å²) in [7, 11) is 6.07. The Balaban J connectivity index is 1.06. The number of ketones is 1. The Hall–Kier alpha value is -4.90. The number of rotatable bonds is 13. The number of carbonyl (C=O) groups excluding carboxylic acids is 3. The average molecular weight is 728 g/mol. The molecule has 2 aromatic rings. The van der Waals surface area contributed by atoms with E-state index in [1.54, 1.807) is 33.3 Å². The van der Waals surface area contributed by atoms with E-state index in [0.717, 1.165) is 46.3 Å². The van der Waals surface area contributed by atoms with Gasteiger partial charge < -0.3 is 34.1 Å². The van der Waals surface area contributed by atoms with Crippen LogP contribution in [0.5, 0.6) is 23.0 Å². The van der Waals surface area contributed by atoms with Crippen molar-refractivity contribution in [2.45, 2.75) is 90.2 Å². The number of hydrogen-bond acceptors (Lipinski definition) is 10. The van der Waals surface area contributed by atoms with E-state index in [0.29, 0.717) is 66.1 Å². The van der Waals surface area contributed by atoms with Gasteiger partial charge in [-0.15, -0.1) is 0 Å². The van der Waals surface area contributed by atoms with Gasteiger partial charge >= 0.3 is 5.97 Å². The van der Waals surface area contributed by atoms with Crippen LogP contribution in [0.3, 0.4) is 0 Å². The second-order valence-corrected chi connectivity index (χ2v) is 14.5. The molecule has 2 N–H and O–H groups in total. The number of amides is 1. The first-order valence-corrected chi connectivity index (χ1v) is 18.2. The van der Waals surface area contributed by atoms with E-state index >= 15 is 0 Å². The molecule has 53 heavy (non-hydrogen) atoms. The van der Waals surface area contributed by atoms with Crippen molar-refractivity contribution in [1.82, 2.24) is 5.32 Å². The predicted molar refractivity (Wildman–Crippen MR) is 198 cm³/mol. The van der Waals surface area contributed by atoms with Crippen LogP contribution in [0.1, 0.15) is 89.3 Å². The molecule has 11 heteroatoms. The molecule has 2 aromatic carbocycles. The van der Waals surface area contributed by atoms with Crippen LogP contribution in [0.25, 0.3) is 11.1 Å². The largest absolute Gasteiger partial charge is 0.493 e. The van der Waals surface area contributed by atoms with E-state index in [9.17, 15) is 24.3 Å². The first-order chi connectivity index (χ1) is 25.3. The molecular formula is C42H49NO10. The maximum absolute atomic E-state index is 13.3. The number of fused-ring (bicyclic) bond motifs is 4. The van der Waals surface area contributed by atoms with E-state index in [2.05, 4.69) is 5.32 Å². The SMILES string of the molecule is COc1cc2c(c(OC)c1OC)-c1ccc(OC)c(=O)cc1[C@@H](NC(=O)CCCC(=O)OCCCC1=C(C)C=C3C(=O)[C@@](C)(O)C4(CC4)C(C)=C31)CC2. The van der Waals surface area contributed by atoms with Crippen LogP contribution in [0, 0.1) is 5.41 Å². The van der Waals surface area contributed by atoms with E-state index in [4.69, 9.17) is 23.7 Å². The number of methoxy groups -OCH3 is 4. The lowest BCUT2D eigenvalue weighted by atomic mass is 9.67. The van der Waals surface area contributed by atoms with Gasteiger partial charge in [0.2, 0.25) is 17.1 Å². The fourth-order valence-corrected chi connectivity index (χ4v) is 8.52. The number of benzene rings is 1. The van der Waals surface area contributed by atoms with Crippen LogP contribution >= 0.6 is 0 Å². The number of esters is 1. The topological polar surface area (TPSA) is 147 Å². The molecule has 0 aromatic heterocycles. The molecule has 6 rings (SSSR count). The molecule has 1 spiro atoms. The van der Waals surface area contributed by atoms with Crippen molar-refractivity contribution >= 4 is 17.7 Å². The summed E-state index contributed by atoms with van der Waals surface area (Å²) < 4.78 is 28.0. The fraction of sp³-hybridized carbons (Fsp3) is 0.476. The van der Waals surface area contributed by atoms with Crippen molar-refractivity contribution in [3.8, 4) is 34.1 Å². The van der Waals surface area contributed by atoms with Crippen molar-refractivity contribution in [2.24, 2.45) is 5.41 Å². The van der Waals surface area contributed by atoms with E-state index in [1.807, 2.05) is 26.0 Å². The third-order valence-corrected chi connectivity index (χ3v) is 11.5. The molecule has 0 aliphatic heterocycles. The van der Waals surface area contributed by atoms with Crippen molar-refractivity contribution in [1.29, 1.82) is 0 Å². The molecule has 1 amide bonds. The van der Waals surface area contributed by atoms with Crippen molar-refractivity contribution in [3.63, 3.8) is 0 Å². The van der Waals surface area contributed by atoms with Gasteiger partial charge in [0.1, 0.15) is 5.60 Å². The third-order valence-electron chi connectivity index (χ3n) is 11.5. The number of Topliss-reactive ketones (excluding diaryl/α,β-unsaturated/α-hetero) is 1. The van der Waals surface area contributed by atoms with Crippen molar-refractivity contribution in [2.75, 3.05) is 35.0 Å². The normalized spacial score (nSPS) is 20.9. The molecule has 0 saturated heterocycles. The molecular weight excluding hydrogens is 678 g/mol. The molecule has 1 saturated carbocycles. The monoisotopic (exact) mass is 727 g/mol. The predicted octanol–water partition coefficient (Wildman–Crippen LogP) is 6.03. The number of nitrogens with one attached hydrogen (secondary N) is 1. The van der Waals surface area contributed by atoms with E-state index < -0.39 is 17.1 Å². The minimum atomic E-state index is -1.38. The number of allylic oxidation sites excluding steroid dienone is 4. The Morgan fingerprint density at radius 1 is 0.925 bits per heavy atom. The minimum Gasteiger partial charge on any atom is -0.493 e. The zero-order valence-electron chi connectivity index (χ0n) is 31.7. The van der Waals surface area contributed by atoms with Gasteiger partial charge in [-0.25, -0.2) is 0 Å². The Kier molecular flexibility index (Phi) is 10.6. The van der Waals surface area contributed by atoms with Crippen LogP contribution in [0.4, 0.5) is 0 Å². The van der Waals surface area contributed by atoms with Crippen molar-refractivity contribution < 1.29 is 43.2 Å². The van der Waals surface area contributed by atoms with Crippen LogP contribution in [-0.4, -0.2) is 63.4 Å². The summed E-state index contributed by atoms with van der Waals surface area (Å²) in [6.45, 7) is 5.87. The van der Waals surface area contributed by atoms with Gasteiger partial charge in [-0.2, -0.15) is 0 Å². The molecule has 0 heterocycles. The summed E-state index contributed by atoms with van der Waals surface area (Å²) in [5, 5.41) is 14.2. The van der Waals surface area contributed by atoms with Gasteiger partial charge in [0.05, 0.1) is 41.1 Å². The number of aryl methyl sites for hydroxylation is 1. The molecule has 4 aliphatic carbocycles. The Bertz CT molecular complexity index is 2020. The Morgan fingerprint density at radius 2 is 1.64 bits per heavy atom. The smallest absolute Gasteiger partial charge is 0.305 e. The molecule has 11 nitrogen and oxygen atoms in total. The summed E-state index contributed by atoms with van der Waals surface area (Å²) in [6, 6.07) is 6.29. The van der Waals surface area contributed by atoms with Crippen LogP contribution in [-0.2, 0) is 25.5 Å². The first kappa shape index (κ1) is 37.8. The maximum Gasteiger partial charge on any atom is 0.305 e. The van der Waals surface area contributed by atoms with Crippen LogP contribution in [0.15, 0.2) is 63.0 Å². The molecule has 0 radical (unpaired) electrons. The average Bonchev–Trinajstić information content (AvgIpc) is 3.93. The van der Waals surface area contributed by atoms with Gasteiger partial charge in [-0.1, -0.05) is 11.6 Å². The van der Waals surface area contributed by atoms with Crippen molar-refractivity contribution in [3.05, 3.63) is 79.6 Å². The van der Waals surface area contributed by atoms with E-state index in [1.165, 1.54) is 20.3 Å². The molecule has 0 bridgehead atoms. The molecule has 282 valence electrons. The van der Waals surface area contributed by atoms with Gasteiger partial charge in [-0.3, -0.25) is 19.2 Å². The molecule has 0 unspecified atom stereocenters. The number of carbonyl (C=O) groups is 3. The summed E-state index contributed by atoms with van der Waals surface area (Å²) in [6.07, 6.45) is 6.23. The fourth-order valence-electron chi connectivity index (χ4n) is 8.52. The van der Waals surface area contributed by atoms with Crippen LogP contribution < -0.4 is 29.7 Å². The first-order valence-electron chi connectivity index (χ1n) is 18.2. The lowest BCUT2D eigenvalue weighted by Crippen LogP contribution is -2.49. The van der Waals surface area contributed by atoms with E-state index in [-0.39, 0.29) is 48.3 Å². The molecule has 2 atom stereocenters. The summed E-state index contributed by atoms with van der Waals surface area (Å²) in [4.78, 5) is 52.3. The summed E-state index contributed by atoms with van der Waals surface area (Å²) >= 11 is 0. The molecule has 1 fully saturated rings. The number of hydrogen-bond donors (Lipinski definition) is 2. The zero-order chi connectivity index (χ0) is 38.2. The molecule has 4 aliphatic rings. The number of ether oxygens (including phenoxy) is 5. The number of aliphatic hydroxyl groups is 1. The Morgan fingerprint density at radius 3 is 2.30 bits per heavy atom. The standard InChI is InChI=1S/C42H49NO10/c1-23-20-29-36(24(2)42(17-18-42)41(3,48)40(29)47)26(23)10-9-19-53-35(46)12-8-11-34(45)43-30-15-13-25-21-33(50-5)38(51-6)39(52-7)37(25)27-14-16-32(49-4)31(44)22-28(27)30/h14,16,20-22,30,48H,8-13,15,17-19H2,1-7H3,(H,43,45)/t30-,41+/m0/s1. The summed E-state index contributed by atoms with van der Waals surface area (Å²) in [5.41, 5.74) is 5.50. The third kappa shape index (κ3) is 6.64. The lowest BCUT2D eigenvalue weighted by molar-refractivity contribution is -0.143.